The summed E-state index contributed by atoms with van der Waals surface area (Å²) in [6.45, 7) is 9.67. The van der Waals surface area contributed by atoms with Crippen molar-refractivity contribution in [1.82, 2.24) is 9.97 Å². The predicted octanol–water partition coefficient (Wildman–Crippen LogP) is 2.29. The minimum atomic E-state index is -0.108. The molecule has 1 N–H and O–H groups in total. The molecule has 1 unspecified atom stereocenters. The van der Waals surface area contributed by atoms with E-state index >= 15 is 0 Å². The van der Waals surface area contributed by atoms with Crippen LogP contribution in [0.4, 0.5) is 5.82 Å². The highest BCUT2D eigenvalue weighted by Crippen LogP contribution is 2.28. The molecule has 5 heteroatoms. The van der Waals surface area contributed by atoms with Gasteiger partial charge in [0.15, 0.2) is 0 Å². The normalized spacial score (nSPS) is 19.5. The number of rotatable bonds is 3. The second-order valence-corrected chi connectivity index (χ2v) is 5.93. The lowest BCUT2D eigenvalue weighted by Gasteiger charge is -2.21. The Balaban J connectivity index is 2.34. The second-order valence-electron chi connectivity index (χ2n) is 5.93. The first-order valence-electron chi connectivity index (χ1n) is 6.73. The molecule has 0 aromatic carbocycles. The van der Waals surface area contributed by atoms with Crippen LogP contribution in [-0.4, -0.2) is 36.3 Å². The Morgan fingerprint density at radius 2 is 2.05 bits per heavy atom. The van der Waals surface area contributed by atoms with Crippen molar-refractivity contribution in [3.63, 3.8) is 0 Å². The maximum atomic E-state index is 5.97. The SMILES string of the molecule is CNc1nc(C(C)(C)C)nc(OC2CCOC2)c1C. The molecule has 1 aliphatic rings. The molecule has 2 heterocycles. The third kappa shape index (κ3) is 3.15. The first kappa shape index (κ1) is 14.1. The Morgan fingerprint density at radius 3 is 2.58 bits per heavy atom. The summed E-state index contributed by atoms with van der Waals surface area (Å²) in [5, 5.41) is 3.11. The zero-order valence-electron chi connectivity index (χ0n) is 12.4. The van der Waals surface area contributed by atoms with E-state index < -0.39 is 0 Å². The van der Waals surface area contributed by atoms with Crippen molar-refractivity contribution in [2.45, 2.75) is 45.6 Å². The summed E-state index contributed by atoms with van der Waals surface area (Å²) in [5.74, 6) is 2.28. The van der Waals surface area contributed by atoms with E-state index in [1.54, 1.807) is 0 Å². The molecule has 2 rings (SSSR count). The maximum absolute atomic E-state index is 5.97. The van der Waals surface area contributed by atoms with Crippen molar-refractivity contribution < 1.29 is 9.47 Å². The molecule has 1 saturated heterocycles. The Kier molecular flexibility index (Phi) is 3.94. The number of ether oxygens (including phenoxy) is 2. The summed E-state index contributed by atoms with van der Waals surface area (Å²) in [4.78, 5) is 9.15. The van der Waals surface area contributed by atoms with E-state index in [9.17, 15) is 0 Å². The largest absolute Gasteiger partial charge is 0.471 e. The van der Waals surface area contributed by atoms with Crippen molar-refractivity contribution in [2.24, 2.45) is 0 Å². The molecule has 0 bridgehead atoms. The number of nitrogens with zero attached hydrogens (tertiary/aromatic N) is 2. The van der Waals surface area contributed by atoms with Crippen LogP contribution in [0.5, 0.6) is 5.88 Å². The molecule has 0 radical (unpaired) electrons. The number of anilines is 1. The van der Waals surface area contributed by atoms with Crippen LogP contribution in [0.3, 0.4) is 0 Å². The molecular formula is C14H23N3O2. The highest BCUT2D eigenvalue weighted by Gasteiger charge is 2.24. The van der Waals surface area contributed by atoms with Crippen molar-refractivity contribution in [3.8, 4) is 5.88 Å². The fourth-order valence-electron chi connectivity index (χ4n) is 1.95. The molecule has 1 aliphatic heterocycles. The van der Waals surface area contributed by atoms with Gasteiger partial charge >= 0.3 is 0 Å². The molecule has 1 fully saturated rings. The van der Waals surface area contributed by atoms with Gasteiger partial charge in [-0.05, 0) is 6.92 Å². The summed E-state index contributed by atoms with van der Waals surface area (Å²) >= 11 is 0. The highest BCUT2D eigenvalue weighted by molar-refractivity contribution is 5.48. The monoisotopic (exact) mass is 265 g/mol. The van der Waals surface area contributed by atoms with Gasteiger partial charge < -0.3 is 14.8 Å². The number of nitrogens with one attached hydrogen (secondary N) is 1. The molecule has 5 nitrogen and oxygen atoms in total. The zero-order chi connectivity index (χ0) is 14.0. The molecule has 0 saturated carbocycles. The standard InChI is InChI=1S/C14H23N3O2/c1-9-11(15-5)16-13(14(2,3)4)17-12(9)19-10-6-7-18-8-10/h10H,6-8H2,1-5H3,(H,15,16,17). The van der Waals surface area contributed by atoms with Gasteiger partial charge in [0, 0.05) is 18.9 Å². The summed E-state index contributed by atoms with van der Waals surface area (Å²) in [6, 6.07) is 0. The van der Waals surface area contributed by atoms with E-state index in [4.69, 9.17) is 9.47 Å². The molecule has 0 spiro atoms. The molecule has 0 amide bonds. The zero-order valence-corrected chi connectivity index (χ0v) is 12.4. The van der Waals surface area contributed by atoms with E-state index in [1.807, 2.05) is 14.0 Å². The van der Waals surface area contributed by atoms with Crippen LogP contribution < -0.4 is 10.1 Å². The van der Waals surface area contributed by atoms with Gasteiger partial charge in [0.1, 0.15) is 17.7 Å². The third-order valence-electron chi connectivity index (χ3n) is 3.17. The molecule has 0 aliphatic carbocycles. The first-order valence-corrected chi connectivity index (χ1v) is 6.73. The van der Waals surface area contributed by atoms with Crippen LogP contribution in [0, 0.1) is 6.92 Å². The van der Waals surface area contributed by atoms with Crippen molar-refractivity contribution in [3.05, 3.63) is 11.4 Å². The molecule has 1 atom stereocenters. The van der Waals surface area contributed by atoms with Gasteiger partial charge in [-0.3, -0.25) is 0 Å². The fourth-order valence-corrected chi connectivity index (χ4v) is 1.95. The lowest BCUT2D eigenvalue weighted by Crippen LogP contribution is -2.22. The molecule has 106 valence electrons. The smallest absolute Gasteiger partial charge is 0.222 e. The maximum Gasteiger partial charge on any atom is 0.222 e. The Hall–Kier alpha value is -1.36. The van der Waals surface area contributed by atoms with Gasteiger partial charge in [-0.1, -0.05) is 20.8 Å². The van der Waals surface area contributed by atoms with E-state index in [-0.39, 0.29) is 11.5 Å². The van der Waals surface area contributed by atoms with Crippen LogP contribution >= 0.6 is 0 Å². The summed E-state index contributed by atoms with van der Waals surface area (Å²) in [6.07, 6.45) is 1.02. The van der Waals surface area contributed by atoms with Crippen LogP contribution in [0.1, 0.15) is 38.6 Å². The van der Waals surface area contributed by atoms with Gasteiger partial charge in [0.05, 0.1) is 18.8 Å². The molecular weight excluding hydrogens is 242 g/mol. The summed E-state index contributed by atoms with van der Waals surface area (Å²) in [5.41, 5.74) is 0.839. The molecule has 1 aromatic rings. The minimum Gasteiger partial charge on any atom is -0.471 e. The minimum absolute atomic E-state index is 0.103. The Bertz CT molecular complexity index is 449. The van der Waals surface area contributed by atoms with E-state index in [1.165, 1.54) is 0 Å². The second kappa shape index (κ2) is 5.33. The van der Waals surface area contributed by atoms with Gasteiger partial charge in [0.25, 0.3) is 0 Å². The van der Waals surface area contributed by atoms with Gasteiger partial charge in [-0.2, -0.15) is 4.98 Å². The van der Waals surface area contributed by atoms with E-state index in [0.29, 0.717) is 12.5 Å². The average molecular weight is 265 g/mol. The molecule has 1 aromatic heterocycles. The average Bonchev–Trinajstić information content (AvgIpc) is 2.83. The molecule has 19 heavy (non-hydrogen) atoms. The first-order chi connectivity index (χ1) is 8.91. The van der Waals surface area contributed by atoms with Gasteiger partial charge in [-0.25, -0.2) is 4.98 Å². The van der Waals surface area contributed by atoms with Crippen LogP contribution in [0.25, 0.3) is 0 Å². The predicted molar refractivity (Wildman–Crippen MR) is 74.9 cm³/mol. The van der Waals surface area contributed by atoms with Crippen molar-refractivity contribution >= 4 is 5.82 Å². The Labute approximate surface area is 114 Å². The van der Waals surface area contributed by atoms with E-state index in [2.05, 4.69) is 36.1 Å². The van der Waals surface area contributed by atoms with E-state index in [0.717, 1.165) is 30.2 Å². The lowest BCUT2D eigenvalue weighted by molar-refractivity contribution is 0.137. The topological polar surface area (TPSA) is 56.3 Å². The number of hydrogen-bond donors (Lipinski definition) is 1. The summed E-state index contributed by atoms with van der Waals surface area (Å²) < 4.78 is 11.3. The van der Waals surface area contributed by atoms with Crippen molar-refractivity contribution in [2.75, 3.05) is 25.6 Å². The quantitative estimate of drug-likeness (QED) is 0.908. The highest BCUT2D eigenvalue weighted by atomic mass is 16.5. The lowest BCUT2D eigenvalue weighted by atomic mass is 9.95. The van der Waals surface area contributed by atoms with Crippen molar-refractivity contribution in [1.29, 1.82) is 0 Å². The number of aromatic nitrogens is 2. The van der Waals surface area contributed by atoms with Crippen LogP contribution in [0.2, 0.25) is 0 Å². The van der Waals surface area contributed by atoms with Crippen LogP contribution in [0.15, 0.2) is 0 Å². The van der Waals surface area contributed by atoms with Crippen LogP contribution in [-0.2, 0) is 10.2 Å². The third-order valence-corrected chi connectivity index (χ3v) is 3.17. The Morgan fingerprint density at radius 1 is 1.32 bits per heavy atom. The van der Waals surface area contributed by atoms with Gasteiger partial charge in [0.2, 0.25) is 5.88 Å². The summed E-state index contributed by atoms with van der Waals surface area (Å²) in [7, 11) is 1.87. The number of hydrogen-bond acceptors (Lipinski definition) is 5. The fraction of sp³-hybridized carbons (Fsp3) is 0.714. The van der Waals surface area contributed by atoms with Gasteiger partial charge in [-0.15, -0.1) is 0 Å².